The largest absolute Gasteiger partial charge is 0.484 e. The molecule has 0 saturated heterocycles. The predicted octanol–water partition coefficient (Wildman–Crippen LogP) is 5.20. The fourth-order valence-electron chi connectivity index (χ4n) is 3.30. The molecule has 0 radical (unpaired) electrons. The summed E-state index contributed by atoms with van der Waals surface area (Å²) in [4.78, 5) is 36.2. The van der Waals surface area contributed by atoms with Gasteiger partial charge in [-0.1, -0.05) is 12.1 Å². The van der Waals surface area contributed by atoms with Crippen molar-refractivity contribution >= 4 is 35.4 Å². The van der Waals surface area contributed by atoms with Crippen LogP contribution in [-0.4, -0.2) is 43.9 Å². The molecule has 0 fully saturated rings. The first-order chi connectivity index (χ1) is 19.5. The van der Waals surface area contributed by atoms with Gasteiger partial charge < -0.3 is 30.4 Å². The third-order valence-electron chi connectivity index (χ3n) is 5.22. The van der Waals surface area contributed by atoms with Gasteiger partial charge in [-0.15, -0.1) is 0 Å². The number of benzene rings is 3. The molecule has 0 aromatic heterocycles. The van der Waals surface area contributed by atoms with Crippen molar-refractivity contribution < 1.29 is 46.5 Å². The van der Waals surface area contributed by atoms with Crippen molar-refractivity contribution in [3.05, 3.63) is 89.5 Å². The van der Waals surface area contributed by atoms with E-state index in [2.05, 4.69) is 4.74 Å². The smallest absolute Gasteiger partial charge is 0.422 e. The van der Waals surface area contributed by atoms with Crippen molar-refractivity contribution in [1.29, 1.82) is 0 Å². The number of rotatable bonds is 12. The van der Waals surface area contributed by atoms with Gasteiger partial charge in [0.05, 0.1) is 24.3 Å². The zero-order chi connectivity index (χ0) is 29.8. The molecular formula is C29H27F3N2O7. The van der Waals surface area contributed by atoms with E-state index in [0.717, 1.165) is 0 Å². The highest BCUT2D eigenvalue weighted by Crippen LogP contribution is 2.20. The number of carbonyl (C=O) groups excluding carboxylic acids is 3. The minimum Gasteiger partial charge on any atom is -0.484 e. The minimum absolute atomic E-state index is 0.0319. The van der Waals surface area contributed by atoms with Crippen molar-refractivity contribution in [2.24, 2.45) is 0 Å². The maximum absolute atomic E-state index is 12.3. The van der Waals surface area contributed by atoms with Gasteiger partial charge in [0.15, 0.2) is 6.61 Å². The van der Waals surface area contributed by atoms with Crippen LogP contribution in [0, 0.1) is 0 Å². The Morgan fingerprint density at radius 2 is 1.32 bits per heavy atom. The Morgan fingerprint density at radius 3 is 1.93 bits per heavy atom. The highest BCUT2D eigenvalue weighted by atomic mass is 19.4. The Bertz CT molecular complexity index is 1350. The summed E-state index contributed by atoms with van der Waals surface area (Å²) < 4.78 is 56.8. The number of unbranched alkanes of at least 4 members (excludes halogenated alkanes) is 1. The number of ether oxygens (including phenoxy) is 4. The van der Waals surface area contributed by atoms with E-state index in [0.29, 0.717) is 29.8 Å². The van der Waals surface area contributed by atoms with Gasteiger partial charge >= 0.3 is 24.1 Å². The van der Waals surface area contributed by atoms with Crippen LogP contribution < -0.4 is 20.9 Å². The van der Waals surface area contributed by atoms with Crippen LogP contribution in [0.1, 0.15) is 39.1 Å². The Labute approximate surface area is 233 Å². The number of esters is 3. The summed E-state index contributed by atoms with van der Waals surface area (Å²) in [6.07, 6.45) is -0.735. The van der Waals surface area contributed by atoms with E-state index in [9.17, 15) is 27.6 Å². The second-order valence-electron chi connectivity index (χ2n) is 8.62. The summed E-state index contributed by atoms with van der Waals surface area (Å²) in [5, 5.41) is 0. The molecule has 0 aliphatic rings. The van der Waals surface area contributed by atoms with E-state index in [1.54, 1.807) is 12.1 Å². The van der Waals surface area contributed by atoms with Crippen LogP contribution in [0.4, 0.5) is 24.5 Å². The fourth-order valence-corrected chi connectivity index (χ4v) is 3.30. The monoisotopic (exact) mass is 572 g/mol. The molecule has 4 N–H and O–H groups in total. The maximum Gasteiger partial charge on any atom is 0.422 e. The van der Waals surface area contributed by atoms with Crippen molar-refractivity contribution in [3.63, 3.8) is 0 Å². The number of nitrogen functional groups attached to an aromatic ring is 2. The second-order valence-corrected chi connectivity index (χ2v) is 8.62. The zero-order valence-electron chi connectivity index (χ0n) is 21.7. The fraction of sp³-hybridized carbons (Fsp3) is 0.207. The molecule has 3 rings (SSSR count). The summed E-state index contributed by atoms with van der Waals surface area (Å²) in [6, 6.07) is 15.8. The van der Waals surface area contributed by atoms with Gasteiger partial charge in [-0.3, -0.25) is 0 Å². The summed E-state index contributed by atoms with van der Waals surface area (Å²) >= 11 is 0. The van der Waals surface area contributed by atoms with E-state index in [4.69, 9.17) is 25.7 Å². The predicted molar refractivity (Wildman–Crippen MR) is 144 cm³/mol. The van der Waals surface area contributed by atoms with Gasteiger partial charge in [0, 0.05) is 17.5 Å². The quantitative estimate of drug-likeness (QED) is 0.0985. The molecule has 216 valence electrons. The first-order valence-corrected chi connectivity index (χ1v) is 12.3. The van der Waals surface area contributed by atoms with Crippen LogP contribution in [0.2, 0.25) is 0 Å². The molecule has 3 aromatic carbocycles. The molecule has 0 aliphatic carbocycles. The summed E-state index contributed by atoms with van der Waals surface area (Å²) in [7, 11) is 0. The highest BCUT2D eigenvalue weighted by molar-refractivity contribution is 5.92. The molecule has 41 heavy (non-hydrogen) atoms. The van der Waals surface area contributed by atoms with Crippen LogP contribution in [0.15, 0.2) is 72.8 Å². The van der Waals surface area contributed by atoms with Crippen LogP contribution in [0.25, 0.3) is 6.08 Å². The topological polar surface area (TPSA) is 140 Å². The number of carbonyl (C=O) groups is 3. The van der Waals surface area contributed by atoms with Crippen LogP contribution in [0.3, 0.4) is 0 Å². The summed E-state index contributed by atoms with van der Waals surface area (Å²) in [6.45, 7) is -1.16. The standard InChI is InChI=1S/C29H27F3N2O7/c30-29(31,32)18-40-24-10-6-20(7-11-24)28(37)41-25-8-3-19(4-9-25)5-12-26(35)38-13-1-2-14-39-27(36)21-15-22(33)17-23(34)16-21/h3-12,15-17H,1-2,13-14,18,33-34H2/b12-5+. The molecule has 0 atom stereocenters. The molecule has 0 bridgehead atoms. The molecule has 0 unspecified atom stereocenters. The van der Waals surface area contributed by atoms with Crippen molar-refractivity contribution in [2.45, 2.75) is 19.0 Å². The molecule has 0 saturated carbocycles. The first kappa shape index (κ1) is 30.5. The number of hydrogen-bond donors (Lipinski definition) is 2. The van der Waals surface area contributed by atoms with Crippen molar-refractivity contribution in [3.8, 4) is 11.5 Å². The third kappa shape index (κ3) is 10.9. The third-order valence-corrected chi connectivity index (χ3v) is 5.22. The van der Waals surface area contributed by atoms with Crippen molar-refractivity contribution in [1.82, 2.24) is 0 Å². The summed E-state index contributed by atoms with van der Waals surface area (Å²) in [5.74, 6) is -1.61. The van der Waals surface area contributed by atoms with E-state index >= 15 is 0 Å². The molecule has 0 amide bonds. The lowest BCUT2D eigenvalue weighted by Gasteiger charge is -2.09. The minimum atomic E-state index is -4.46. The number of hydrogen-bond acceptors (Lipinski definition) is 9. The lowest BCUT2D eigenvalue weighted by Crippen LogP contribution is -2.19. The van der Waals surface area contributed by atoms with Gasteiger partial charge in [-0.05, 0) is 79.1 Å². The van der Waals surface area contributed by atoms with E-state index in [1.807, 2.05) is 0 Å². The SMILES string of the molecule is Nc1cc(N)cc(C(=O)OCCCCOC(=O)/C=C/c2ccc(OC(=O)c3ccc(OCC(F)(F)F)cc3)cc2)c1. The van der Waals surface area contributed by atoms with Gasteiger partial charge in [0.25, 0.3) is 0 Å². The molecular weight excluding hydrogens is 545 g/mol. The number of anilines is 2. The molecule has 9 nitrogen and oxygen atoms in total. The number of alkyl halides is 3. The summed E-state index contributed by atoms with van der Waals surface area (Å²) in [5.41, 5.74) is 13.1. The van der Waals surface area contributed by atoms with Gasteiger partial charge in [0.2, 0.25) is 0 Å². The van der Waals surface area contributed by atoms with Gasteiger partial charge in [0.1, 0.15) is 11.5 Å². The Morgan fingerprint density at radius 1 is 0.732 bits per heavy atom. The van der Waals surface area contributed by atoms with Gasteiger partial charge in [-0.2, -0.15) is 13.2 Å². The van der Waals surface area contributed by atoms with Crippen LogP contribution >= 0.6 is 0 Å². The molecule has 0 heterocycles. The molecule has 0 aliphatic heterocycles. The van der Waals surface area contributed by atoms with E-state index < -0.39 is 30.7 Å². The zero-order valence-corrected chi connectivity index (χ0v) is 21.7. The van der Waals surface area contributed by atoms with E-state index in [1.165, 1.54) is 66.7 Å². The highest BCUT2D eigenvalue weighted by Gasteiger charge is 2.28. The number of halogens is 3. The first-order valence-electron chi connectivity index (χ1n) is 12.3. The maximum atomic E-state index is 12.3. The Balaban J connectivity index is 1.34. The lowest BCUT2D eigenvalue weighted by molar-refractivity contribution is -0.153. The Hall–Kier alpha value is -5.00. The van der Waals surface area contributed by atoms with Crippen molar-refractivity contribution in [2.75, 3.05) is 31.3 Å². The van der Waals surface area contributed by atoms with E-state index in [-0.39, 0.29) is 35.8 Å². The molecule has 3 aromatic rings. The lowest BCUT2D eigenvalue weighted by atomic mass is 10.2. The van der Waals surface area contributed by atoms with Crippen LogP contribution in [-0.2, 0) is 14.3 Å². The van der Waals surface area contributed by atoms with Gasteiger partial charge in [-0.25, -0.2) is 14.4 Å². The second kappa shape index (κ2) is 14.4. The number of nitrogens with two attached hydrogens (primary N) is 2. The average Bonchev–Trinajstić information content (AvgIpc) is 2.92. The average molecular weight is 573 g/mol. The molecule has 12 heteroatoms. The molecule has 0 spiro atoms. The van der Waals surface area contributed by atoms with Crippen LogP contribution in [0.5, 0.6) is 11.5 Å². The normalized spacial score (nSPS) is 11.2. The Kier molecular flexibility index (Phi) is 10.7.